The predicted octanol–water partition coefficient (Wildman–Crippen LogP) is 2.22. The van der Waals surface area contributed by atoms with Gasteiger partial charge in [-0.15, -0.1) is 0 Å². The number of hydrogen-bond donors (Lipinski definition) is 0. The first-order valence-electron chi connectivity index (χ1n) is 4.92. The summed E-state index contributed by atoms with van der Waals surface area (Å²) in [4.78, 5) is 13.0. The van der Waals surface area contributed by atoms with E-state index in [-0.39, 0.29) is 11.9 Å². The van der Waals surface area contributed by atoms with Gasteiger partial charge in [0.05, 0.1) is 7.85 Å². The van der Waals surface area contributed by atoms with E-state index in [1.165, 1.54) is 0 Å². The summed E-state index contributed by atoms with van der Waals surface area (Å²) in [5, 5.41) is 0. The SMILES string of the molecule is [B]C(C)CCN(C)C(=O)OC(C)(C)C. The van der Waals surface area contributed by atoms with E-state index in [9.17, 15) is 4.79 Å². The molecule has 1 amide bonds. The Morgan fingerprint density at radius 2 is 2.00 bits per heavy atom. The molecule has 2 radical (unpaired) electrons. The van der Waals surface area contributed by atoms with E-state index < -0.39 is 5.60 Å². The third-order valence-electron chi connectivity index (χ3n) is 1.63. The molecule has 0 aliphatic rings. The van der Waals surface area contributed by atoms with Crippen LogP contribution >= 0.6 is 0 Å². The average Bonchev–Trinajstić information content (AvgIpc) is 1.96. The van der Waals surface area contributed by atoms with Gasteiger partial charge in [0, 0.05) is 13.6 Å². The van der Waals surface area contributed by atoms with Crippen molar-refractivity contribution in [3.8, 4) is 0 Å². The molecular formula is C10H20BNO2. The van der Waals surface area contributed by atoms with Crippen molar-refractivity contribution in [2.75, 3.05) is 13.6 Å². The van der Waals surface area contributed by atoms with E-state index in [1.807, 2.05) is 27.7 Å². The fourth-order valence-electron chi connectivity index (χ4n) is 0.828. The summed E-state index contributed by atoms with van der Waals surface area (Å²) in [6.07, 6.45) is 0.494. The molecule has 0 bridgehead atoms. The zero-order chi connectivity index (χ0) is 11.4. The second-order valence-corrected chi connectivity index (χ2v) is 4.67. The molecule has 0 aromatic rings. The van der Waals surface area contributed by atoms with Crippen LogP contribution in [-0.2, 0) is 4.74 Å². The molecule has 1 atom stereocenters. The van der Waals surface area contributed by atoms with Crippen LogP contribution in [0.3, 0.4) is 0 Å². The summed E-state index contributed by atoms with van der Waals surface area (Å²) in [7, 11) is 7.31. The highest BCUT2D eigenvalue weighted by Crippen LogP contribution is 2.10. The predicted molar refractivity (Wildman–Crippen MR) is 58.7 cm³/mol. The molecule has 80 valence electrons. The number of amides is 1. The number of ether oxygens (including phenoxy) is 1. The zero-order valence-electron chi connectivity index (χ0n) is 9.83. The maximum Gasteiger partial charge on any atom is 0.410 e. The maximum atomic E-state index is 11.4. The Balaban J connectivity index is 3.88. The molecule has 4 heteroatoms. The number of hydrogen-bond acceptors (Lipinski definition) is 2. The van der Waals surface area contributed by atoms with Crippen LogP contribution in [0.4, 0.5) is 4.79 Å². The van der Waals surface area contributed by atoms with Crippen molar-refractivity contribution >= 4 is 13.9 Å². The molecular weight excluding hydrogens is 177 g/mol. The minimum atomic E-state index is -0.431. The van der Waals surface area contributed by atoms with Crippen LogP contribution in [0.1, 0.15) is 34.1 Å². The lowest BCUT2D eigenvalue weighted by atomic mass is 9.87. The Labute approximate surface area is 88.2 Å². The molecule has 0 saturated heterocycles. The first kappa shape index (κ1) is 13.3. The lowest BCUT2D eigenvalue weighted by Gasteiger charge is -2.25. The van der Waals surface area contributed by atoms with Gasteiger partial charge < -0.3 is 9.64 Å². The minimum absolute atomic E-state index is 0.111. The molecule has 14 heavy (non-hydrogen) atoms. The van der Waals surface area contributed by atoms with Crippen molar-refractivity contribution in [1.82, 2.24) is 4.90 Å². The molecule has 0 rings (SSSR count). The van der Waals surface area contributed by atoms with E-state index >= 15 is 0 Å². The van der Waals surface area contributed by atoms with Crippen LogP contribution in [0.2, 0.25) is 5.82 Å². The Hall–Kier alpha value is -0.665. The van der Waals surface area contributed by atoms with Gasteiger partial charge in [-0.1, -0.05) is 12.7 Å². The summed E-state index contributed by atoms with van der Waals surface area (Å²) in [5.41, 5.74) is -0.431. The van der Waals surface area contributed by atoms with Gasteiger partial charge >= 0.3 is 6.09 Å². The highest BCUT2D eigenvalue weighted by molar-refractivity contribution is 6.11. The first-order chi connectivity index (χ1) is 6.22. The van der Waals surface area contributed by atoms with E-state index in [0.717, 1.165) is 6.42 Å². The van der Waals surface area contributed by atoms with Crippen molar-refractivity contribution in [3.05, 3.63) is 0 Å². The smallest absolute Gasteiger partial charge is 0.410 e. The van der Waals surface area contributed by atoms with Gasteiger partial charge in [0.15, 0.2) is 0 Å². The van der Waals surface area contributed by atoms with Crippen molar-refractivity contribution < 1.29 is 9.53 Å². The zero-order valence-corrected chi connectivity index (χ0v) is 9.83. The van der Waals surface area contributed by atoms with Crippen LogP contribution in [0.5, 0.6) is 0 Å². The monoisotopic (exact) mass is 197 g/mol. The van der Waals surface area contributed by atoms with Crippen molar-refractivity contribution in [2.24, 2.45) is 0 Å². The quantitative estimate of drug-likeness (QED) is 0.649. The van der Waals surface area contributed by atoms with Gasteiger partial charge in [0.2, 0.25) is 0 Å². The Kier molecular flexibility index (Phi) is 5.02. The molecule has 1 unspecified atom stereocenters. The Bertz CT molecular complexity index is 187. The first-order valence-corrected chi connectivity index (χ1v) is 4.92. The molecule has 3 nitrogen and oxygen atoms in total. The minimum Gasteiger partial charge on any atom is -0.444 e. The lowest BCUT2D eigenvalue weighted by Crippen LogP contribution is -2.34. The van der Waals surface area contributed by atoms with Gasteiger partial charge in [-0.25, -0.2) is 4.79 Å². The van der Waals surface area contributed by atoms with Crippen molar-refractivity contribution in [1.29, 1.82) is 0 Å². The second-order valence-electron chi connectivity index (χ2n) is 4.67. The number of nitrogens with zero attached hydrogens (tertiary/aromatic N) is 1. The van der Waals surface area contributed by atoms with Crippen LogP contribution in [0.15, 0.2) is 0 Å². The van der Waals surface area contributed by atoms with Gasteiger partial charge in [-0.3, -0.25) is 0 Å². The number of carbonyl (C=O) groups is 1. The molecule has 0 spiro atoms. The van der Waals surface area contributed by atoms with Crippen LogP contribution < -0.4 is 0 Å². The third kappa shape index (κ3) is 6.81. The van der Waals surface area contributed by atoms with E-state index in [4.69, 9.17) is 12.6 Å². The average molecular weight is 197 g/mol. The van der Waals surface area contributed by atoms with Gasteiger partial charge in [0.25, 0.3) is 0 Å². The van der Waals surface area contributed by atoms with E-state index in [2.05, 4.69) is 0 Å². The van der Waals surface area contributed by atoms with Gasteiger partial charge in [-0.05, 0) is 27.2 Å². The molecule has 0 heterocycles. The van der Waals surface area contributed by atoms with Gasteiger partial charge in [0.1, 0.15) is 5.60 Å². The molecule has 0 aliphatic carbocycles. The second kappa shape index (κ2) is 5.27. The lowest BCUT2D eigenvalue weighted by molar-refractivity contribution is 0.0297. The van der Waals surface area contributed by atoms with E-state index in [1.54, 1.807) is 11.9 Å². The summed E-state index contributed by atoms with van der Waals surface area (Å²) in [6, 6.07) is 0. The molecule has 0 aromatic heterocycles. The highest BCUT2D eigenvalue weighted by atomic mass is 16.6. The largest absolute Gasteiger partial charge is 0.444 e. The van der Waals surface area contributed by atoms with Crippen LogP contribution in [-0.4, -0.2) is 38.0 Å². The molecule has 0 aliphatic heterocycles. The summed E-state index contributed by atoms with van der Waals surface area (Å²) < 4.78 is 5.18. The Morgan fingerprint density at radius 3 is 2.36 bits per heavy atom. The third-order valence-corrected chi connectivity index (χ3v) is 1.63. The molecule has 0 aromatic carbocycles. The normalized spacial score (nSPS) is 13.5. The van der Waals surface area contributed by atoms with Crippen molar-refractivity contribution in [2.45, 2.75) is 45.5 Å². The standard InChI is InChI=1S/C10H20BNO2/c1-8(11)6-7-12(5)9(13)14-10(2,3)4/h8H,6-7H2,1-5H3. The van der Waals surface area contributed by atoms with Crippen LogP contribution in [0, 0.1) is 0 Å². The topological polar surface area (TPSA) is 29.5 Å². The number of carbonyl (C=O) groups excluding carboxylic acids is 1. The Morgan fingerprint density at radius 1 is 1.50 bits per heavy atom. The molecule has 0 fully saturated rings. The highest BCUT2D eigenvalue weighted by Gasteiger charge is 2.19. The van der Waals surface area contributed by atoms with Crippen molar-refractivity contribution in [3.63, 3.8) is 0 Å². The summed E-state index contributed by atoms with van der Waals surface area (Å²) >= 11 is 0. The molecule has 0 saturated carbocycles. The summed E-state index contributed by atoms with van der Waals surface area (Å²) in [6.45, 7) is 8.11. The summed E-state index contributed by atoms with van der Waals surface area (Å²) in [5.74, 6) is 0.111. The fourth-order valence-corrected chi connectivity index (χ4v) is 0.828. The maximum absolute atomic E-state index is 11.4. The van der Waals surface area contributed by atoms with E-state index in [0.29, 0.717) is 6.54 Å². The van der Waals surface area contributed by atoms with Crippen LogP contribution in [0.25, 0.3) is 0 Å². The van der Waals surface area contributed by atoms with Gasteiger partial charge in [-0.2, -0.15) is 0 Å². The fraction of sp³-hybridized carbons (Fsp3) is 0.900. The number of rotatable bonds is 3. The molecule has 0 N–H and O–H groups in total.